The molecule has 1 aromatic heterocycles. The topological polar surface area (TPSA) is 110 Å². The number of alkyl carbamates (subject to hydrolysis) is 1. The Morgan fingerprint density at radius 2 is 1.83 bits per heavy atom. The molecule has 1 atom stereocenters. The number of hydrogen-bond donors (Lipinski definition) is 1. The first kappa shape index (κ1) is 27.2. The number of nitrogens with one attached hydrogen (secondary N) is 1. The number of benzene rings is 2. The van der Waals surface area contributed by atoms with Gasteiger partial charge in [-0.25, -0.2) is 9.59 Å². The van der Waals surface area contributed by atoms with Gasteiger partial charge in [-0.2, -0.15) is 0 Å². The fourth-order valence-corrected chi connectivity index (χ4v) is 4.53. The molecule has 1 unspecified atom stereocenters. The van der Waals surface area contributed by atoms with Gasteiger partial charge in [0, 0.05) is 16.7 Å². The van der Waals surface area contributed by atoms with E-state index < -0.39 is 28.8 Å². The van der Waals surface area contributed by atoms with Gasteiger partial charge in [0.15, 0.2) is 4.90 Å². The zero-order chi connectivity index (χ0) is 26.1. The molecule has 9 heteroatoms. The van der Waals surface area contributed by atoms with Crippen LogP contribution in [-0.2, 0) is 26.4 Å². The molecular weight excluding hydrogens is 482 g/mol. The molecule has 0 aliphatic heterocycles. The Bertz CT molecular complexity index is 1140. The molecule has 1 heterocycles. The van der Waals surface area contributed by atoms with Crippen molar-refractivity contribution in [3.8, 4) is 16.9 Å². The summed E-state index contributed by atoms with van der Waals surface area (Å²) in [5.41, 5.74) is 1.40. The van der Waals surface area contributed by atoms with Crippen LogP contribution in [0, 0.1) is 0 Å². The average Bonchev–Trinajstić information content (AvgIpc) is 3.36. The van der Waals surface area contributed by atoms with Gasteiger partial charge in [0.05, 0.1) is 25.7 Å². The van der Waals surface area contributed by atoms with Crippen molar-refractivity contribution >= 4 is 23.2 Å². The molecule has 0 spiro atoms. The van der Waals surface area contributed by atoms with Crippen molar-refractivity contribution in [1.82, 2.24) is 5.32 Å². The van der Waals surface area contributed by atoms with Gasteiger partial charge in [-0.3, -0.25) is 0 Å². The molecule has 3 rings (SSSR count). The van der Waals surface area contributed by atoms with E-state index in [1.807, 2.05) is 18.2 Å². The van der Waals surface area contributed by atoms with Crippen molar-refractivity contribution in [2.45, 2.75) is 43.9 Å². The first-order valence-electron chi connectivity index (χ1n) is 11.6. The Hall–Kier alpha value is -3.43. The third-order valence-corrected chi connectivity index (χ3v) is 6.24. The van der Waals surface area contributed by atoms with Crippen LogP contribution in [0.2, 0.25) is 0 Å². The van der Waals surface area contributed by atoms with Crippen LogP contribution >= 0.6 is 0 Å². The molecule has 1 amide bonds. The maximum atomic E-state index is 13.1. The summed E-state index contributed by atoms with van der Waals surface area (Å²) in [6.45, 7) is 7.40. The standard InChI is InChI=1S/C27H31NO7S/c1-5-33-25(29)23-20(18-36(31)21-9-7-6-8-10-21)11-12-22(19-13-15-32-17-19)24(23)34-16-14-28-26(30)35-27(2,3)4/h6-13,15,17H,5,14,16,18H2,1-4H3,(H,28,30). The summed E-state index contributed by atoms with van der Waals surface area (Å²) >= 11 is -1.40. The molecule has 8 nitrogen and oxygen atoms in total. The zero-order valence-electron chi connectivity index (χ0n) is 20.9. The normalized spacial score (nSPS) is 12.0. The predicted molar refractivity (Wildman–Crippen MR) is 136 cm³/mol. The highest BCUT2D eigenvalue weighted by molar-refractivity contribution is 7.90. The average molecular weight is 514 g/mol. The maximum Gasteiger partial charge on any atom is 0.407 e. The molecule has 0 aliphatic rings. The first-order valence-corrected chi connectivity index (χ1v) is 12.9. The molecule has 0 fully saturated rings. The van der Waals surface area contributed by atoms with Crippen LogP contribution in [0.5, 0.6) is 5.75 Å². The molecule has 0 radical (unpaired) electrons. The molecule has 3 aromatic rings. The minimum Gasteiger partial charge on any atom is -0.611 e. The van der Waals surface area contributed by atoms with Crippen LogP contribution in [-0.4, -0.2) is 42.0 Å². The number of ether oxygens (including phenoxy) is 3. The fourth-order valence-electron chi connectivity index (χ4n) is 3.38. The lowest BCUT2D eigenvalue weighted by molar-refractivity contribution is 0.0501. The lowest BCUT2D eigenvalue weighted by Crippen LogP contribution is -2.34. The molecule has 0 bridgehead atoms. The van der Waals surface area contributed by atoms with E-state index in [-0.39, 0.29) is 36.8 Å². The second-order valence-corrected chi connectivity index (χ2v) is 10.2. The molecule has 1 N–H and O–H groups in total. The number of hydrogen-bond acceptors (Lipinski definition) is 7. The monoisotopic (exact) mass is 513 g/mol. The largest absolute Gasteiger partial charge is 0.611 e. The van der Waals surface area contributed by atoms with E-state index in [1.54, 1.807) is 58.0 Å². The molecule has 0 saturated carbocycles. The van der Waals surface area contributed by atoms with Crippen molar-refractivity contribution in [3.05, 3.63) is 72.2 Å². The van der Waals surface area contributed by atoms with Gasteiger partial charge >= 0.3 is 12.1 Å². The van der Waals surface area contributed by atoms with Gasteiger partial charge in [0.25, 0.3) is 0 Å². The number of amides is 1. The summed E-state index contributed by atoms with van der Waals surface area (Å²) in [5, 5.41) is 2.64. The number of esters is 1. The SMILES string of the molecule is CCOC(=O)c1c(C[S+]([O-])c2ccccc2)ccc(-c2ccoc2)c1OCCNC(=O)OC(C)(C)C. The third-order valence-electron chi connectivity index (χ3n) is 4.87. The summed E-state index contributed by atoms with van der Waals surface area (Å²) in [4.78, 5) is 25.7. The Morgan fingerprint density at radius 1 is 1.08 bits per heavy atom. The van der Waals surface area contributed by atoms with Crippen molar-refractivity contribution in [3.63, 3.8) is 0 Å². The van der Waals surface area contributed by atoms with Crippen LogP contribution in [0.3, 0.4) is 0 Å². The number of carbonyl (C=O) groups excluding carboxylic acids is 2. The molecule has 0 saturated heterocycles. The van der Waals surface area contributed by atoms with Crippen LogP contribution in [0.4, 0.5) is 4.79 Å². The molecular formula is C27H31NO7S. The fraction of sp³-hybridized carbons (Fsp3) is 0.333. The first-order chi connectivity index (χ1) is 17.2. The van der Waals surface area contributed by atoms with Gasteiger partial charge in [0.1, 0.15) is 29.3 Å². The van der Waals surface area contributed by atoms with Crippen LogP contribution in [0.25, 0.3) is 11.1 Å². The van der Waals surface area contributed by atoms with E-state index in [1.165, 1.54) is 12.5 Å². The molecule has 192 valence electrons. The third kappa shape index (κ3) is 7.53. The van der Waals surface area contributed by atoms with E-state index in [0.717, 1.165) is 0 Å². The van der Waals surface area contributed by atoms with Crippen molar-refractivity contribution < 1.29 is 32.8 Å². The Balaban J connectivity index is 1.92. The van der Waals surface area contributed by atoms with Gasteiger partial charge in [0.2, 0.25) is 0 Å². The van der Waals surface area contributed by atoms with E-state index in [9.17, 15) is 14.1 Å². The van der Waals surface area contributed by atoms with Gasteiger partial charge in [-0.15, -0.1) is 0 Å². The van der Waals surface area contributed by atoms with Crippen LogP contribution < -0.4 is 10.1 Å². The van der Waals surface area contributed by atoms with Crippen LogP contribution in [0.15, 0.2) is 70.4 Å². The highest BCUT2D eigenvalue weighted by atomic mass is 32.2. The van der Waals surface area contributed by atoms with E-state index in [2.05, 4.69) is 5.32 Å². The van der Waals surface area contributed by atoms with Crippen LogP contribution in [0.1, 0.15) is 43.6 Å². The molecule has 0 aliphatic carbocycles. The Morgan fingerprint density at radius 3 is 2.47 bits per heavy atom. The summed E-state index contributed by atoms with van der Waals surface area (Å²) < 4.78 is 34.9. The quantitative estimate of drug-likeness (QED) is 0.221. The molecule has 2 aromatic carbocycles. The minimum atomic E-state index is -1.40. The Labute approximate surface area is 214 Å². The second-order valence-electron chi connectivity index (χ2n) is 8.79. The smallest absolute Gasteiger partial charge is 0.407 e. The second kappa shape index (κ2) is 12.5. The number of carbonyl (C=O) groups is 2. The van der Waals surface area contributed by atoms with Crippen molar-refractivity contribution in [2.75, 3.05) is 19.8 Å². The Kier molecular flexibility index (Phi) is 9.44. The van der Waals surface area contributed by atoms with Crippen molar-refractivity contribution in [1.29, 1.82) is 0 Å². The van der Waals surface area contributed by atoms with Crippen molar-refractivity contribution in [2.24, 2.45) is 0 Å². The lowest BCUT2D eigenvalue weighted by atomic mass is 9.99. The van der Waals surface area contributed by atoms with Gasteiger partial charge in [-0.1, -0.05) is 30.3 Å². The minimum absolute atomic E-state index is 0.0573. The highest BCUT2D eigenvalue weighted by Gasteiger charge is 2.27. The lowest BCUT2D eigenvalue weighted by Gasteiger charge is -2.21. The predicted octanol–water partition coefficient (Wildman–Crippen LogP) is 5.33. The summed E-state index contributed by atoms with van der Waals surface area (Å²) in [6.07, 6.45) is 2.49. The van der Waals surface area contributed by atoms with E-state index in [0.29, 0.717) is 21.6 Å². The summed E-state index contributed by atoms with van der Waals surface area (Å²) in [5.74, 6) is -0.225. The van der Waals surface area contributed by atoms with Gasteiger partial charge in [-0.05, 0) is 57.1 Å². The van der Waals surface area contributed by atoms with E-state index in [4.69, 9.17) is 18.6 Å². The summed E-state index contributed by atoms with van der Waals surface area (Å²) in [7, 11) is 0. The maximum absolute atomic E-state index is 13.1. The molecule has 36 heavy (non-hydrogen) atoms. The highest BCUT2D eigenvalue weighted by Crippen LogP contribution is 2.37. The van der Waals surface area contributed by atoms with E-state index >= 15 is 0 Å². The number of furan rings is 1. The number of rotatable bonds is 10. The summed E-state index contributed by atoms with van der Waals surface area (Å²) in [6, 6.07) is 14.3. The van der Waals surface area contributed by atoms with Gasteiger partial charge < -0.3 is 28.5 Å². The zero-order valence-corrected chi connectivity index (χ0v) is 21.7.